The summed E-state index contributed by atoms with van der Waals surface area (Å²) in [7, 11) is 0. The maximum Gasteiger partial charge on any atom is 0.235 e. The monoisotopic (exact) mass is 204 g/mol. The highest BCUT2D eigenvalue weighted by Gasteiger charge is 2.23. The fourth-order valence-corrected chi connectivity index (χ4v) is 1.53. The normalized spacial score (nSPS) is 20.3. The lowest BCUT2D eigenvalue weighted by Gasteiger charge is -2.06. The molecule has 0 saturated carbocycles. The quantitative estimate of drug-likeness (QED) is 0.740. The second-order valence-electron chi connectivity index (χ2n) is 4.22. The maximum atomic E-state index is 5.56. The van der Waals surface area contributed by atoms with Crippen molar-refractivity contribution in [2.24, 2.45) is 10.9 Å². The predicted octanol–water partition coefficient (Wildman–Crippen LogP) is 2.19. The first-order valence-corrected chi connectivity index (χ1v) is 5.31. The Morgan fingerprint density at radius 2 is 2.20 bits per heavy atom. The Morgan fingerprint density at radius 3 is 2.80 bits per heavy atom. The van der Waals surface area contributed by atoms with Crippen LogP contribution in [0, 0.1) is 12.8 Å². The fraction of sp³-hybridized carbons (Fsp3) is 0.500. The van der Waals surface area contributed by atoms with Crippen LogP contribution < -0.4 is 0 Å². The average molecular weight is 204 g/mol. The van der Waals surface area contributed by atoms with Crippen LogP contribution in [0.5, 0.6) is 0 Å². The minimum Gasteiger partial charge on any atom is -0.474 e. The zero-order valence-corrected chi connectivity index (χ0v) is 9.40. The minimum absolute atomic E-state index is 0.280. The molecule has 1 aliphatic rings. The number of rotatable bonds is 2. The molecule has 0 radical (unpaired) electrons. The SMILES string of the molecule is Cc1cccc(C2=N[C@@H](C(C)C)CO2)n1. The molecule has 0 unspecified atom stereocenters. The Morgan fingerprint density at radius 1 is 1.40 bits per heavy atom. The summed E-state index contributed by atoms with van der Waals surface area (Å²) >= 11 is 0. The summed E-state index contributed by atoms with van der Waals surface area (Å²) in [5.74, 6) is 1.21. The van der Waals surface area contributed by atoms with Crippen molar-refractivity contribution in [3.8, 4) is 0 Å². The Hall–Kier alpha value is -1.38. The average Bonchev–Trinajstić information content (AvgIpc) is 2.66. The van der Waals surface area contributed by atoms with Gasteiger partial charge in [0, 0.05) is 5.69 Å². The third-order valence-corrected chi connectivity index (χ3v) is 2.55. The molecule has 0 N–H and O–H groups in total. The number of ether oxygens (including phenoxy) is 1. The highest BCUT2D eigenvalue weighted by atomic mass is 16.5. The smallest absolute Gasteiger partial charge is 0.235 e. The van der Waals surface area contributed by atoms with Crippen LogP contribution >= 0.6 is 0 Å². The third kappa shape index (κ3) is 2.17. The molecule has 15 heavy (non-hydrogen) atoms. The van der Waals surface area contributed by atoms with Crippen LogP contribution in [0.1, 0.15) is 25.2 Å². The van der Waals surface area contributed by atoms with Crippen LogP contribution in [-0.2, 0) is 4.74 Å². The van der Waals surface area contributed by atoms with Crippen LogP contribution in [0.15, 0.2) is 23.2 Å². The van der Waals surface area contributed by atoms with Crippen LogP contribution in [0.2, 0.25) is 0 Å². The van der Waals surface area contributed by atoms with E-state index in [4.69, 9.17) is 4.74 Å². The van der Waals surface area contributed by atoms with E-state index in [1.807, 2.05) is 25.1 Å². The number of hydrogen-bond acceptors (Lipinski definition) is 3. The maximum absolute atomic E-state index is 5.56. The summed E-state index contributed by atoms with van der Waals surface area (Å²) in [6, 6.07) is 6.17. The molecule has 0 spiro atoms. The van der Waals surface area contributed by atoms with Crippen molar-refractivity contribution in [2.45, 2.75) is 26.8 Å². The number of pyridine rings is 1. The van der Waals surface area contributed by atoms with Gasteiger partial charge in [-0.2, -0.15) is 0 Å². The first-order chi connectivity index (χ1) is 7.16. The molecular weight excluding hydrogens is 188 g/mol. The van der Waals surface area contributed by atoms with Gasteiger partial charge in [-0.25, -0.2) is 9.98 Å². The number of nitrogens with zero attached hydrogens (tertiary/aromatic N) is 2. The summed E-state index contributed by atoms with van der Waals surface area (Å²) in [5, 5.41) is 0. The molecule has 2 rings (SSSR count). The molecule has 0 saturated heterocycles. The summed E-state index contributed by atoms with van der Waals surface area (Å²) in [5.41, 5.74) is 1.84. The van der Waals surface area contributed by atoms with Crippen molar-refractivity contribution in [1.82, 2.24) is 4.98 Å². The molecule has 0 fully saturated rings. The molecule has 3 heteroatoms. The molecule has 1 aliphatic heterocycles. The minimum atomic E-state index is 0.280. The zero-order valence-electron chi connectivity index (χ0n) is 9.40. The van der Waals surface area contributed by atoms with E-state index in [0.717, 1.165) is 11.4 Å². The second kappa shape index (κ2) is 4.01. The lowest BCUT2D eigenvalue weighted by atomic mass is 10.1. The van der Waals surface area contributed by atoms with Crippen molar-refractivity contribution in [3.63, 3.8) is 0 Å². The highest BCUT2D eigenvalue weighted by molar-refractivity contribution is 5.93. The van der Waals surface area contributed by atoms with Gasteiger partial charge in [-0.3, -0.25) is 0 Å². The summed E-state index contributed by atoms with van der Waals surface area (Å²) in [4.78, 5) is 8.92. The van der Waals surface area contributed by atoms with Crippen LogP contribution in [0.4, 0.5) is 0 Å². The van der Waals surface area contributed by atoms with Gasteiger partial charge in [0.1, 0.15) is 12.3 Å². The van der Waals surface area contributed by atoms with E-state index in [-0.39, 0.29) is 6.04 Å². The van der Waals surface area contributed by atoms with Gasteiger partial charge in [-0.15, -0.1) is 0 Å². The van der Waals surface area contributed by atoms with Gasteiger partial charge < -0.3 is 4.74 Å². The lowest BCUT2D eigenvalue weighted by molar-refractivity contribution is 0.291. The molecule has 1 aromatic rings. The first kappa shape index (κ1) is 10.1. The van der Waals surface area contributed by atoms with Gasteiger partial charge in [0.05, 0.1) is 6.04 Å². The molecule has 0 bridgehead atoms. The largest absolute Gasteiger partial charge is 0.474 e. The zero-order chi connectivity index (χ0) is 10.8. The molecule has 2 heterocycles. The number of aryl methyl sites for hydroxylation is 1. The topological polar surface area (TPSA) is 34.5 Å². The Kier molecular flexibility index (Phi) is 2.71. The van der Waals surface area contributed by atoms with Gasteiger partial charge in [-0.1, -0.05) is 19.9 Å². The summed E-state index contributed by atoms with van der Waals surface area (Å²) in [6.45, 7) is 6.97. The predicted molar refractivity (Wildman–Crippen MR) is 60.1 cm³/mol. The highest BCUT2D eigenvalue weighted by Crippen LogP contribution is 2.16. The van der Waals surface area contributed by atoms with Crippen molar-refractivity contribution < 1.29 is 4.74 Å². The first-order valence-electron chi connectivity index (χ1n) is 5.31. The standard InChI is InChI=1S/C12H16N2O/c1-8(2)11-7-15-12(14-11)10-6-4-5-9(3)13-10/h4-6,8,11H,7H2,1-3H3/t11-/m1/s1. The van der Waals surface area contributed by atoms with E-state index < -0.39 is 0 Å². The van der Waals surface area contributed by atoms with Crippen molar-refractivity contribution in [1.29, 1.82) is 0 Å². The van der Waals surface area contributed by atoms with E-state index in [1.54, 1.807) is 0 Å². The fourth-order valence-electron chi connectivity index (χ4n) is 1.53. The molecule has 0 aromatic carbocycles. The van der Waals surface area contributed by atoms with Gasteiger partial charge in [0.25, 0.3) is 0 Å². The summed E-state index contributed by atoms with van der Waals surface area (Å²) in [6.07, 6.45) is 0. The Labute approximate surface area is 90.2 Å². The third-order valence-electron chi connectivity index (χ3n) is 2.55. The van der Waals surface area contributed by atoms with Gasteiger partial charge in [0.2, 0.25) is 5.90 Å². The molecule has 0 amide bonds. The lowest BCUT2D eigenvalue weighted by Crippen LogP contribution is -2.13. The molecule has 3 nitrogen and oxygen atoms in total. The van der Waals surface area contributed by atoms with Gasteiger partial charge in [-0.05, 0) is 25.0 Å². The van der Waals surface area contributed by atoms with Gasteiger partial charge in [0.15, 0.2) is 0 Å². The van der Waals surface area contributed by atoms with E-state index in [9.17, 15) is 0 Å². The van der Waals surface area contributed by atoms with Crippen molar-refractivity contribution >= 4 is 5.90 Å². The van der Waals surface area contributed by atoms with E-state index in [2.05, 4.69) is 23.8 Å². The van der Waals surface area contributed by atoms with E-state index in [1.165, 1.54) is 0 Å². The second-order valence-corrected chi connectivity index (χ2v) is 4.22. The Bertz CT molecular complexity index is 385. The van der Waals surface area contributed by atoms with Crippen LogP contribution in [-0.4, -0.2) is 23.5 Å². The molecule has 80 valence electrons. The Balaban J connectivity index is 2.22. The van der Waals surface area contributed by atoms with Crippen LogP contribution in [0.25, 0.3) is 0 Å². The van der Waals surface area contributed by atoms with Gasteiger partial charge >= 0.3 is 0 Å². The molecule has 0 aliphatic carbocycles. The van der Waals surface area contributed by atoms with E-state index in [0.29, 0.717) is 18.4 Å². The number of aliphatic imine (C=N–C) groups is 1. The number of hydrogen-bond donors (Lipinski definition) is 0. The van der Waals surface area contributed by atoms with Crippen molar-refractivity contribution in [2.75, 3.05) is 6.61 Å². The van der Waals surface area contributed by atoms with Crippen molar-refractivity contribution in [3.05, 3.63) is 29.6 Å². The molecular formula is C12H16N2O. The summed E-state index contributed by atoms with van der Waals surface area (Å²) < 4.78 is 5.56. The van der Waals surface area contributed by atoms with Crippen LogP contribution in [0.3, 0.4) is 0 Å². The molecule has 1 atom stereocenters. The van der Waals surface area contributed by atoms with E-state index >= 15 is 0 Å². The number of aromatic nitrogens is 1. The molecule has 1 aromatic heterocycles.